The summed E-state index contributed by atoms with van der Waals surface area (Å²) < 4.78 is 52.7. The van der Waals surface area contributed by atoms with Crippen LogP contribution in [-0.2, 0) is 6.18 Å². The van der Waals surface area contributed by atoms with E-state index in [1.165, 1.54) is 0 Å². The molecule has 0 bridgehead atoms. The van der Waals surface area contributed by atoms with Crippen LogP contribution in [0.3, 0.4) is 0 Å². The SMILES string of the molecule is CC(C)C(O)Nc1cnc(-c2cncc(F)c2)nc1C(F)(F)F. The molecule has 2 rings (SSSR count). The number of halogens is 4. The third kappa shape index (κ3) is 4.13. The largest absolute Gasteiger partial charge is 0.435 e. The van der Waals surface area contributed by atoms with Crippen molar-refractivity contribution >= 4 is 5.69 Å². The van der Waals surface area contributed by atoms with E-state index in [-0.39, 0.29) is 17.3 Å². The molecule has 2 heterocycles. The van der Waals surface area contributed by atoms with Crippen molar-refractivity contribution in [2.24, 2.45) is 5.92 Å². The number of aliphatic hydroxyl groups excluding tert-OH is 1. The Balaban J connectivity index is 2.46. The number of pyridine rings is 1. The van der Waals surface area contributed by atoms with Crippen molar-refractivity contribution in [3.05, 3.63) is 36.2 Å². The molecule has 124 valence electrons. The van der Waals surface area contributed by atoms with Crippen molar-refractivity contribution in [1.29, 1.82) is 0 Å². The molecule has 1 atom stereocenters. The van der Waals surface area contributed by atoms with E-state index in [9.17, 15) is 22.7 Å². The van der Waals surface area contributed by atoms with Crippen molar-refractivity contribution in [1.82, 2.24) is 15.0 Å². The Bertz CT molecular complexity index is 691. The summed E-state index contributed by atoms with van der Waals surface area (Å²) in [5, 5.41) is 12.0. The Morgan fingerprint density at radius 1 is 1.17 bits per heavy atom. The maximum absolute atomic E-state index is 13.2. The van der Waals surface area contributed by atoms with Gasteiger partial charge in [0.2, 0.25) is 0 Å². The van der Waals surface area contributed by atoms with E-state index in [0.717, 1.165) is 24.7 Å². The van der Waals surface area contributed by atoms with Gasteiger partial charge in [0.15, 0.2) is 11.5 Å². The number of anilines is 1. The average Bonchev–Trinajstić information content (AvgIpc) is 2.46. The Morgan fingerprint density at radius 3 is 2.43 bits per heavy atom. The Morgan fingerprint density at radius 2 is 1.87 bits per heavy atom. The first-order valence-corrected chi connectivity index (χ1v) is 6.68. The summed E-state index contributed by atoms with van der Waals surface area (Å²) in [5.41, 5.74) is -1.68. The van der Waals surface area contributed by atoms with Gasteiger partial charge in [-0.3, -0.25) is 4.98 Å². The summed E-state index contributed by atoms with van der Waals surface area (Å²) in [6, 6.07) is 0.985. The molecule has 0 fully saturated rings. The monoisotopic (exact) mass is 330 g/mol. The molecule has 9 heteroatoms. The zero-order valence-corrected chi connectivity index (χ0v) is 12.3. The highest BCUT2D eigenvalue weighted by molar-refractivity contribution is 5.57. The lowest BCUT2D eigenvalue weighted by Gasteiger charge is -2.20. The molecule has 0 saturated heterocycles. The molecule has 0 radical (unpaired) electrons. The Kier molecular flexibility index (Phi) is 4.79. The fourth-order valence-electron chi connectivity index (χ4n) is 1.70. The minimum Gasteiger partial charge on any atom is -0.374 e. The summed E-state index contributed by atoms with van der Waals surface area (Å²) in [6.07, 6.45) is -2.97. The van der Waals surface area contributed by atoms with Crippen molar-refractivity contribution in [3.8, 4) is 11.4 Å². The molecule has 1 unspecified atom stereocenters. The number of nitrogens with one attached hydrogen (secondary N) is 1. The highest BCUT2D eigenvalue weighted by Crippen LogP contribution is 2.34. The van der Waals surface area contributed by atoms with Crippen LogP contribution >= 0.6 is 0 Å². The van der Waals surface area contributed by atoms with Crippen LogP contribution in [0.4, 0.5) is 23.2 Å². The highest BCUT2D eigenvalue weighted by atomic mass is 19.4. The summed E-state index contributed by atoms with van der Waals surface area (Å²) in [5.74, 6) is -1.34. The predicted molar refractivity (Wildman–Crippen MR) is 74.7 cm³/mol. The summed E-state index contributed by atoms with van der Waals surface area (Å²) in [6.45, 7) is 3.27. The Hall–Kier alpha value is -2.29. The van der Waals surface area contributed by atoms with Gasteiger partial charge >= 0.3 is 6.18 Å². The second kappa shape index (κ2) is 6.45. The smallest absolute Gasteiger partial charge is 0.374 e. The fourth-order valence-corrected chi connectivity index (χ4v) is 1.70. The standard InChI is InChI=1S/C14H14F4N4O/c1-7(2)13(23)21-10-6-20-12(22-11(10)14(16,17)18)8-3-9(15)5-19-4-8/h3-7,13,21,23H,1-2H3. The van der Waals surface area contributed by atoms with E-state index in [0.29, 0.717) is 0 Å². The fraction of sp³-hybridized carbons (Fsp3) is 0.357. The second-order valence-corrected chi connectivity index (χ2v) is 5.18. The molecule has 0 saturated carbocycles. The molecule has 2 N–H and O–H groups in total. The summed E-state index contributed by atoms with van der Waals surface area (Å²) in [4.78, 5) is 10.8. The molecule has 2 aromatic rings. The van der Waals surface area contributed by atoms with Gasteiger partial charge < -0.3 is 10.4 Å². The zero-order chi connectivity index (χ0) is 17.2. The number of hydrogen-bond acceptors (Lipinski definition) is 5. The van der Waals surface area contributed by atoms with Gasteiger partial charge in [-0.25, -0.2) is 14.4 Å². The maximum Gasteiger partial charge on any atom is 0.435 e. The van der Waals surface area contributed by atoms with Gasteiger partial charge in [-0.1, -0.05) is 13.8 Å². The van der Waals surface area contributed by atoms with Crippen LogP contribution < -0.4 is 5.32 Å². The lowest BCUT2D eigenvalue weighted by Crippen LogP contribution is -2.27. The van der Waals surface area contributed by atoms with Crippen LogP contribution in [0.1, 0.15) is 19.5 Å². The van der Waals surface area contributed by atoms with E-state index in [4.69, 9.17) is 0 Å². The molecule has 2 aromatic heterocycles. The van der Waals surface area contributed by atoms with Crippen LogP contribution in [0.15, 0.2) is 24.7 Å². The maximum atomic E-state index is 13.2. The molecule has 0 amide bonds. The zero-order valence-electron chi connectivity index (χ0n) is 12.3. The summed E-state index contributed by atoms with van der Waals surface area (Å²) in [7, 11) is 0. The molecular formula is C14H14F4N4O. The van der Waals surface area contributed by atoms with Crippen molar-refractivity contribution in [3.63, 3.8) is 0 Å². The lowest BCUT2D eigenvalue weighted by atomic mass is 10.2. The van der Waals surface area contributed by atoms with Crippen LogP contribution in [0.2, 0.25) is 0 Å². The van der Waals surface area contributed by atoms with Gasteiger partial charge in [0, 0.05) is 11.8 Å². The number of aliphatic hydroxyl groups is 1. The van der Waals surface area contributed by atoms with Gasteiger partial charge in [0.1, 0.15) is 12.0 Å². The van der Waals surface area contributed by atoms with Crippen LogP contribution in [0, 0.1) is 11.7 Å². The van der Waals surface area contributed by atoms with Gasteiger partial charge in [0.05, 0.1) is 18.1 Å². The van der Waals surface area contributed by atoms with E-state index >= 15 is 0 Å². The molecule has 23 heavy (non-hydrogen) atoms. The van der Waals surface area contributed by atoms with E-state index in [2.05, 4.69) is 20.3 Å². The summed E-state index contributed by atoms with van der Waals surface area (Å²) >= 11 is 0. The second-order valence-electron chi connectivity index (χ2n) is 5.18. The number of aromatic nitrogens is 3. The Labute approximate surface area is 129 Å². The first-order valence-electron chi connectivity index (χ1n) is 6.68. The van der Waals surface area contributed by atoms with Crippen LogP contribution in [0.25, 0.3) is 11.4 Å². The lowest BCUT2D eigenvalue weighted by molar-refractivity contribution is -0.140. The molecule has 0 aliphatic rings. The first kappa shape index (κ1) is 17.1. The number of hydrogen-bond donors (Lipinski definition) is 2. The van der Waals surface area contributed by atoms with Crippen LogP contribution in [-0.4, -0.2) is 26.3 Å². The topological polar surface area (TPSA) is 70.9 Å². The van der Waals surface area contributed by atoms with Crippen molar-refractivity contribution < 1.29 is 22.7 Å². The molecular weight excluding hydrogens is 316 g/mol. The average molecular weight is 330 g/mol. The van der Waals surface area contributed by atoms with Gasteiger partial charge in [-0.15, -0.1) is 0 Å². The third-order valence-corrected chi connectivity index (χ3v) is 2.96. The first-order chi connectivity index (χ1) is 10.7. The van der Waals surface area contributed by atoms with Gasteiger partial charge in [-0.2, -0.15) is 13.2 Å². The van der Waals surface area contributed by atoms with Crippen molar-refractivity contribution in [2.45, 2.75) is 26.3 Å². The number of alkyl halides is 3. The minimum atomic E-state index is -4.77. The minimum absolute atomic E-state index is 0.0199. The molecule has 0 aliphatic carbocycles. The van der Waals surface area contributed by atoms with Crippen molar-refractivity contribution in [2.75, 3.05) is 5.32 Å². The third-order valence-electron chi connectivity index (χ3n) is 2.96. The number of rotatable bonds is 4. The quantitative estimate of drug-likeness (QED) is 0.666. The van der Waals surface area contributed by atoms with Crippen LogP contribution in [0.5, 0.6) is 0 Å². The van der Waals surface area contributed by atoms with Gasteiger partial charge in [0.25, 0.3) is 0 Å². The highest BCUT2D eigenvalue weighted by Gasteiger charge is 2.37. The molecule has 0 aliphatic heterocycles. The predicted octanol–water partition coefficient (Wildman–Crippen LogP) is 3.08. The molecule has 5 nitrogen and oxygen atoms in total. The normalized spacial score (nSPS) is 13.2. The van der Waals surface area contributed by atoms with E-state index < -0.39 is 29.6 Å². The molecule has 0 aromatic carbocycles. The number of nitrogens with zero attached hydrogens (tertiary/aromatic N) is 3. The molecule has 0 spiro atoms. The van der Waals surface area contributed by atoms with Gasteiger partial charge in [-0.05, 0) is 12.0 Å². The van der Waals surface area contributed by atoms with E-state index in [1.807, 2.05) is 0 Å². The van der Waals surface area contributed by atoms with E-state index in [1.54, 1.807) is 13.8 Å².